The van der Waals surface area contributed by atoms with Crippen LogP contribution >= 0.6 is 15.6 Å². The maximum absolute atomic E-state index is 12.6. The van der Waals surface area contributed by atoms with Crippen molar-refractivity contribution in [2.24, 2.45) is 17.6 Å². The number of nitrogens with two attached hydrogens (primary N) is 1. The fourth-order valence-corrected chi connectivity index (χ4v) is 6.82. The zero-order valence-electron chi connectivity index (χ0n) is 28.3. The molecule has 0 amide bonds. The van der Waals surface area contributed by atoms with Gasteiger partial charge < -0.3 is 98.5 Å². The zero-order chi connectivity index (χ0) is 38.5. The first-order valence-corrected chi connectivity index (χ1v) is 19.3. The number of aliphatic hydroxyl groups excluding tert-OH is 9. The largest absolute Gasteiger partial charge is 0.756 e. The lowest BCUT2D eigenvalue weighted by Gasteiger charge is -2.31. The normalized spacial score (nSPS) is 32.9. The van der Waals surface area contributed by atoms with E-state index in [1.54, 1.807) is 6.92 Å². The summed E-state index contributed by atoms with van der Waals surface area (Å²) in [4.78, 5) is 24.4. The molecule has 51 heavy (non-hydrogen) atoms. The van der Waals surface area contributed by atoms with E-state index in [0.29, 0.717) is 25.8 Å². The topological polar surface area (TPSA) is 362 Å². The molecule has 2 aliphatic heterocycles. The van der Waals surface area contributed by atoms with Gasteiger partial charge in [0, 0.05) is 11.8 Å². The van der Waals surface area contributed by atoms with E-state index < -0.39 is 141 Å². The van der Waals surface area contributed by atoms with Crippen LogP contribution in [0.4, 0.5) is 0 Å². The average molecular weight is 790 g/mol. The fourth-order valence-electron chi connectivity index (χ4n) is 5.03. The van der Waals surface area contributed by atoms with Crippen LogP contribution in [0.5, 0.6) is 0 Å². The maximum Gasteiger partial charge on any atom is 0.268 e. The zero-order valence-corrected chi connectivity index (χ0v) is 30.0. The monoisotopic (exact) mass is 789 g/mol. The van der Waals surface area contributed by atoms with Gasteiger partial charge in [0.25, 0.3) is 15.6 Å². The van der Waals surface area contributed by atoms with Gasteiger partial charge in [0.1, 0.15) is 54.9 Å². The van der Waals surface area contributed by atoms with Crippen LogP contribution < -0.4 is 15.5 Å². The number of ether oxygens (including phenoxy) is 4. The van der Waals surface area contributed by atoms with Gasteiger partial charge in [-0.2, -0.15) is 0 Å². The summed E-state index contributed by atoms with van der Waals surface area (Å²) in [6.45, 7) is -1.40. The van der Waals surface area contributed by atoms with E-state index >= 15 is 0 Å². The lowest BCUT2D eigenvalue weighted by molar-refractivity contribution is -0.236. The van der Waals surface area contributed by atoms with Crippen molar-refractivity contribution in [2.75, 3.05) is 52.8 Å². The fraction of sp³-hybridized carbons (Fsp3) is 1.00. The molecule has 304 valence electrons. The van der Waals surface area contributed by atoms with Crippen LogP contribution in [0.1, 0.15) is 33.1 Å². The quantitative estimate of drug-likeness (QED) is 0.0289. The van der Waals surface area contributed by atoms with Crippen molar-refractivity contribution >= 4 is 15.6 Å². The van der Waals surface area contributed by atoms with Gasteiger partial charge in [-0.25, -0.2) is 0 Å². The Balaban J connectivity index is 1.80. The Morgan fingerprint density at radius 3 is 1.65 bits per heavy atom. The summed E-state index contributed by atoms with van der Waals surface area (Å²) in [6.07, 6.45) is -16.8. The van der Waals surface area contributed by atoms with Gasteiger partial charge in [-0.15, -0.1) is 0 Å². The van der Waals surface area contributed by atoms with Gasteiger partial charge in [0.2, 0.25) is 0 Å². The third kappa shape index (κ3) is 15.0. The molecule has 0 aromatic carbocycles. The molecule has 2 rings (SSSR count). The van der Waals surface area contributed by atoms with Crippen LogP contribution in [0.25, 0.3) is 0 Å². The number of hydrogen-bond acceptors (Lipinski definition) is 22. The van der Waals surface area contributed by atoms with Crippen LogP contribution in [0.3, 0.4) is 0 Å². The molecule has 0 spiro atoms. The van der Waals surface area contributed by atoms with Gasteiger partial charge >= 0.3 is 0 Å². The van der Waals surface area contributed by atoms with E-state index in [1.165, 1.54) is 6.92 Å². The van der Waals surface area contributed by atoms with Gasteiger partial charge in [0.15, 0.2) is 12.6 Å². The summed E-state index contributed by atoms with van der Waals surface area (Å²) >= 11 is 0. The minimum Gasteiger partial charge on any atom is -0.756 e. The highest BCUT2D eigenvalue weighted by Crippen LogP contribution is 2.45. The smallest absolute Gasteiger partial charge is 0.268 e. The molecule has 0 aromatic rings. The minimum atomic E-state index is -5.29. The SMILES string of the molecule is CC1[C@H](OCC(O)C(O)C(O)COP(=O)([O-])O[C@@H]2C(C)[C@H](OCC(O)C(O)C(O)COP(=O)([O-])OCCCCCN)O[C@@H]2CO)O[C@H](CO)[C@@H]1O. The number of phosphoric ester groups is 2. The number of hydrogen-bond donors (Lipinski definition) is 10. The number of unbranched alkanes of at least 4 members (excludes halogenated alkanes) is 2. The molecule has 0 radical (unpaired) electrons. The molecule has 2 saturated heterocycles. The Kier molecular flexibility index (Phi) is 20.4. The van der Waals surface area contributed by atoms with Gasteiger partial charge in [-0.05, 0) is 25.8 Å². The van der Waals surface area contributed by atoms with Crippen molar-refractivity contribution in [3.05, 3.63) is 0 Å². The average Bonchev–Trinajstić information content (AvgIpc) is 3.55. The molecule has 11 N–H and O–H groups in total. The molecular weight excluding hydrogens is 736 g/mol. The van der Waals surface area contributed by atoms with Gasteiger partial charge in [-0.1, -0.05) is 13.8 Å². The van der Waals surface area contributed by atoms with Crippen LogP contribution in [-0.4, -0.2) is 172 Å². The number of phosphoric acid groups is 2. The van der Waals surface area contributed by atoms with Crippen LogP contribution in [0, 0.1) is 11.8 Å². The molecule has 2 fully saturated rings. The number of rotatable bonds is 26. The molecule has 0 aromatic heterocycles. The molecule has 0 bridgehead atoms. The number of aliphatic hydroxyl groups is 9. The van der Waals surface area contributed by atoms with Gasteiger partial charge in [-0.3, -0.25) is 9.13 Å². The lowest BCUT2D eigenvalue weighted by atomic mass is 10.0. The van der Waals surface area contributed by atoms with Crippen molar-refractivity contribution in [3.63, 3.8) is 0 Å². The Labute approximate surface area is 294 Å². The van der Waals surface area contributed by atoms with E-state index in [4.69, 9.17) is 29.2 Å². The van der Waals surface area contributed by atoms with Crippen molar-refractivity contribution in [2.45, 2.75) is 107 Å². The molecule has 24 heteroatoms. The maximum atomic E-state index is 12.6. The third-order valence-corrected chi connectivity index (χ3v) is 10.2. The molecule has 10 unspecified atom stereocenters. The lowest BCUT2D eigenvalue weighted by Crippen LogP contribution is -2.43. The van der Waals surface area contributed by atoms with E-state index in [0.717, 1.165) is 0 Å². The summed E-state index contributed by atoms with van der Waals surface area (Å²) in [5, 5.41) is 90.1. The standard InChI is InChI=1S/C27H55NO21P2/c1-14-22(35)20(8-29)47-26(14)42-10-16(31)24(37)19(34)13-46-51(40,41)49-25-15(2)27(48-21(25)9-30)43-11-17(32)23(36)18(33)12-45-50(38,39)44-7-5-3-4-6-28/h14-27,29-37H,3-13,28H2,1-2H3,(H,38,39)(H,40,41)/p-2/t14?,15?,16?,17?,18?,19?,20-,21-,22-,23?,24?,25-,26-,27-/m1/s1. The van der Waals surface area contributed by atoms with E-state index in [-0.39, 0.29) is 6.61 Å². The van der Waals surface area contributed by atoms with Crippen molar-refractivity contribution in [3.8, 4) is 0 Å². The molecule has 22 nitrogen and oxygen atoms in total. The molecule has 16 atom stereocenters. The van der Waals surface area contributed by atoms with Crippen LogP contribution in [-0.2, 0) is 46.2 Å². The molecule has 2 aliphatic rings. The highest BCUT2D eigenvalue weighted by molar-refractivity contribution is 7.46. The third-order valence-electron chi connectivity index (χ3n) is 8.24. The Morgan fingerprint density at radius 2 is 1.16 bits per heavy atom. The second kappa shape index (κ2) is 22.3. The van der Waals surface area contributed by atoms with Crippen LogP contribution in [0.15, 0.2) is 0 Å². The first kappa shape index (κ1) is 46.8. The molecule has 0 saturated carbocycles. The summed E-state index contributed by atoms with van der Waals surface area (Å²) in [5.74, 6) is -1.57. The Bertz CT molecular complexity index is 1080. The molecular formula is C27H53NO21P2-2. The van der Waals surface area contributed by atoms with Crippen molar-refractivity contribution in [1.82, 2.24) is 0 Å². The van der Waals surface area contributed by atoms with Crippen molar-refractivity contribution in [1.29, 1.82) is 0 Å². The summed E-state index contributed by atoms with van der Waals surface area (Å²) in [7, 11) is -10.1. The predicted octanol–water partition coefficient (Wildman–Crippen LogP) is -5.25. The second-order valence-electron chi connectivity index (χ2n) is 12.3. The van der Waals surface area contributed by atoms with Crippen LogP contribution in [0.2, 0.25) is 0 Å². The minimum absolute atomic E-state index is 0.175. The van der Waals surface area contributed by atoms with Crippen molar-refractivity contribution < 1.29 is 102 Å². The van der Waals surface area contributed by atoms with E-state index in [2.05, 4.69) is 13.6 Å². The molecule has 0 aliphatic carbocycles. The van der Waals surface area contributed by atoms with E-state index in [1.807, 2.05) is 0 Å². The summed E-state index contributed by atoms with van der Waals surface area (Å²) in [5.41, 5.74) is 5.35. The van der Waals surface area contributed by atoms with E-state index in [9.17, 15) is 64.9 Å². The first-order valence-electron chi connectivity index (χ1n) is 16.3. The highest BCUT2D eigenvalue weighted by atomic mass is 31.2. The Morgan fingerprint density at radius 1 is 0.686 bits per heavy atom. The highest BCUT2D eigenvalue weighted by Gasteiger charge is 2.46. The second-order valence-corrected chi connectivity index (χ2v) is 15.1. The summed E-state index contributed by atoms with van der Waals surface area (Å²) in [6, 6.07) is 0. The first-order chi connectivity index (χ1) is 23.9. The summed E-state index contributed by atoms with van der Waals surface area (Å²) < 4.78 is 64.8. The predicted molar refractivity (Wildman–Crippen MR) is 165 cm³/mol. The van der Waals surface area contributed by atoms with Gasteiger partial charge in [0.05, 0.1) is 52.4 Å². The Hall–Kier alpha value is -0.340. The molecule has 2 heterocycles.